The predicted octanol–water partition coefficient (Wildman–Crippen LogP) is 8.08. The van der Waals surface area contributed by atoms with Crippen molar-refractivity contribution in [1.82, 2.24) is 0 Å². The summed E-state index contributed by atoms with van der Waals surface area (Å²) in [5.41, 5.74) is 9.00. The molecule has 0 bridgehead atoms. The molecule has 0 spiro atoms. The molecule has 4 heteroatoms. The molecule has 0 heterocycles. The summed E-state index contributed by atoms with van der Waals surface area (Å²) in [7, 11) is 0. The van der Waals surface area contributed by atoms with Crippen molar-refractivity contribution >= 4 is 31.7 Å². The van der Waals surface area contributed by atoms with Crippen LogP contribution in [-0.2, 0) is 25.7 Å². The average Bonchev–Trinajstić information content (AvgIpc) is 3.53. The van der Waals surface area contributed by atoms with Crippen LogP contribution in [0, 0.1) is 0 Å². The van der Waals surface area contributed by atoms with Gasteiger partial charge in [-0.05, 0) is 0 Å². The van der Waals surface area contributed by atoms with E-state index in [1.807, 2.05) is 0 Å². The van der Waals surface area contributed by atoms with Crippen molar-refractivity contribution in [2.24, 2.45) is 0 Å². The van der Waals surface area contributed by atoms with Crippen molar-refractivity contribution < 1.29 is 17.4 Å². The van der Waals surface area contributed by atoms with Crippen LogP contribution >= 0.6 is 24.8 Å². The van der Waals surface area contributed by atoms with Gasteiger partial charge in [-0.15, -0.1) is 24.8 Å². The van der Waals surface area contributed by atoms with Gasteiger partial charge in [-0.25, -0.2) is 0 Å². The van der Waals surface area contributed by atoms with Crippen molar-refractivity contribution in [2.45, 2.75) is 18.3 Å². The van der Waals surface area contributed by atoms with Crippen LogP contribution in [0.4, 0.5) is 0 Å². The number of benzene rings is 4. The van der Waals surface area contributed by atoms with Crippen LogP contribution in [0.5, 0.6) is 0 Å². The molecule has 0 radical (unpaired) electrons. The molecule has 0 unspecified atom stereocenters. The van der Waals surface area contributed by atoms with E-state index >= 15 is 0 Å². The van der Waals surface area contributed by atoms with Crippen LogP contribution in [0.15, 0.2) is 131 Å². The second-order valence-corrected chi connectivity index (χ2v) is 35.5. The first-order valence-corrected chi connectivity index (χ1v) is 24.4. The van der Waals surface area contributed by atoms with Crippen molar-refractivity contribution in [3.63, 3.8) is 0 Å². The second kappa shape index (κ2) is 10.8. The number of hydrogen-bond acceptors (Lipinski definition) is 0. The van der Waals surface area contributed by atoms with Gasteiger partial charge in [0.15, 0.2) is 0 Å². The quantitative estimate of drug-likeness (QED) is 0.195. The minimum absolute atomic E-state index is 0. The van der Waals surface area contributed by atoms with E-state index in [4.69, 9.17) is 0 Å². The maximum atomic E-state index is 2.51. The van der Waals surface area contributed by atoms with Crippen LogP contribution < -0.4 is 0 Å². The summed E-state index contributed by atoms with van der Waals surface area (Å²) in [6, 6.07) is 41.1. The molecule has 2 aliphatic carbocycles. The van der Waals surface area contributed by atoms with E-state index < -0.39 is 17.4 Å². The molecule has 36 heavy (non-hydrogen) atoms. The van der Waals surface area contributed by atoms with Gasteiger partial charge >= 0.3 is 207 Å². The molecule has 0 fully saturated rings. The zero-order chi connectivity index (χ0) is 23.0. The van der Waals surface area contributed by atoms with Gasteiger partial charge in [-0.2, -0.15) is 0 Å². The van der Waals surface area contributed by atoms with E-state index in [0.717, 1.165) is 6.42 Å². The van der Waals surface area contributed by atoms with Crippen LogP contribution in [-0.4, -0.2) is 6.88 Å². The number of rotatable bonds is 6. The van der Waals surface area contributed by atoms with Crippen molar-refractivity contribution in [1.29, 1.82) is 0 Å². The van der Waals surface area contributed by atoms with Gasteiger partial charge in [0.1, 0.15) is 0 Å². The molecule has 0 N–H and O–H groups in total. The molecule has 0 aliphatic heterocycles. The molecule has 0 atom stereocenters. The van der Waals surface area contributed by atoms with Gasteiger partial charge < -0.3 is 0 Å². The maximum absolute atomic E-state index is 3.87. The Kier molecular flexibility index (Phi) is 8.13. The van der Waals surface area contributed by atoms with E-state index in [0.29, 0.717) is 3.63 Å². The normalized spacial score (nSPS) is 14.3. The molecule has 4 aromatic carbocycles. The first-order chi connectivity index (χ1) is 16.7. The van der Waals surface area contributed by atoms with Crippen molar-refractivity contribution in [2.75, 3.05) is 0 Å². The van der Waals surface area contributed by atoms with Crippen LogP contribution in [0.25, 0.3) is 11.1 Å². The third-order valence-electron chi connectivity index (χ3n) is 8.20. The SMILES string of the molecule is Cl.Cl.[SiH2]=[Zr]([CH2]c1ccccc1)([CH2]c1ccccc1)([C]1=CC=CC1)[CH]1c2ccccc2-c2ccccc21. The average molecular weight is 607 g/mol. The Morgan fingerprint density at radius 2 is 1.06 bits per heavy atom. The molecule has 6 rings (SSSR count). The van der Waals surface area contributed by atoms with Gasteiger partial charge in [0, 0.05) is 0 Å². The fourth-order valence-corrected chi connectivity index (χ4v) is 32.1. The van der Waals surface area contributed by atoms with Crippen molar-refractivity contribution in [3.8, 4) is 11.1 Å². The van der Waals surface area contributed by atoms with E-state index in [1.165, 1.54) is 30.5 Å². The topological polar surface area (TPSA) is 0 Å². The minimum atomic E-state index is -3.87. The van der Waals surface area contributed by atoms with E-state index in [-0.39, 0.29) is 24.8 Å². The zero-order valence-corrected chi connectivity index (χ0v) is 25.9. The molecule has 0 nitrogen and oxygen atoms in total. The fourth-order valence-electron chi connectivity index (χ4n) is 6.81. The van der Waals surface area contributed by atoms with E-state index in [1.54, 1.807) is 14.4 Å². The number of allylic oxidation sites excluding steroid dienone is 4. The molecular weight excluding hydrogens is 575 g/mol. The van der Waals surface area contributed by atoms with Gasteiger partial charge in [-0.3, -0.25) is 0 Å². The van der Waals surface area contributed by atoms with Gasteiger partial charge in [-0.1, -0.05) is 0 Å². The van der Waals surface area contributed by atoms with Crippen LogP contribution in [0.2, 0.25) is 0 Å². The number of halogens is 2. The molecule has 0 saturated carbocycles. The van der Waals surface area contributed by atoms with Gasteiger partial charge in [0.05, 0.1) is 0 Å². The third-order valence-corrected chi connectivity index (χ3v) is 33.0. The second-order valence-electron chi connectivity index (χ2n) is 10.3. The van der Waals surface area contributed by atoms with Gasteiger partial charge in [0.25, 0.3) is 0 Å². The Hall–Kier alpha value is -1.96. The molecule has 182 valence electrons. The fraction of sp³-hybridized carbons (Fsp3) is 0.125. The Labute approximate surface area is 229 Å². The number of fused-ring (bicyclic) bond motifs is 3. The summed E-state index contributed by atoms with van der Waals surface area (Å²) in [6.07, 6.45) is 8.32. The summed E-state index contributed by atoms with van der Waals surface area (Å²) in [6.45, 7) is 2.47. The van der Waals surface area contributed by atoms with Crippen LogP contribution in [0.3, 0.4) is 0 Å². The van der Waals surface area contributed by atoms with Crippen molar-refractivity contribution in [3.05, 3.63) is 153 Å². The molecule has 4 aromatic rings. The Bertz CT molecular complexity index is 1400. The summed E-state index contributed by atoms with van der Waals surface area (Å²) < 4.78 is 4.65. The first-order valence-electron chi connectivity index (χ1n) is 12.3. The molecule has 2 aliphatic rings. The third kappa shape index (κ3) is 4.48. The Morgan fingerprint density at radius 3 is 1.50 bits per heavy atom. The van der Waals surface area contributed by atoms with E-state index in [9.17, 15) is 0 Å². The first kappa shape index (κ1) is 27.1. The van der Waals surface area contributed by atoms with E-state index in [2.05, 4.69) is 134 Å². The standard InChI is InChI=1S/C13H9.2C7H7.C5H5.2ClH.H2Si.Zr/c1-3-7-12-10(5-1)9-11-6-2-4-8-13(11)12;2*1-7-5-3-2-4-6-7;1-2-4-5-3-1;;;;/h1-9H;2*2-6H,1H2;1-3H,4H2;2*1H;1H2;. The van der Waals surface area contributed by atoms with Gasteiger partial charge in [0.2, 0.25) is 0 Å². The molecule has 0 aromatic heterocycles. The van der Waals surface area contributed by atoms with Crippen LogP contribution in [0.1, 0.15) is 32.3 Å². The summed E-state index contributed by atoms with van der Waals surface area (Å²) in [4.78, 5) is 0. The summed E-state index contributed by atoms with van der Waals surface area (Å²) in [5, 5.41) is 0. The summed E-state index contributed by atoms with van der Waals surface area (Å²) >= 11 is -3.87. The number of hydrogen-bond donors (Lipinski definition) is 0. The summed E-state index contributed by atoms with van der Waals surface area (Å²) in [5.74, 6) is 0. The Balaban J connectivity index is 0.00000152. The molecule has 0 saturated heterocycles. The molecular formula is C32H32Cl2SiZr. The predicted molar refractivity (Wildman–Crippen MR) is 159 cm³/mol. The zero-order valence-electron chi connectivity index (χ0n) is 20.3. The monoisotopic (exact) mass is 604 g/mol. The Morgan fingerprint density at radius 1 is 0.611 bits per heavy atom. The molecule has 0 amide bonds.